The lowest BCUT2D eigenvalue weighted by Gasteiger charge is -2.07. The summed E-state index contributed by atoms with van der Waals surface area (Å²) in [5, 5.41) is 17.7. The van der Waals surface area contributed by atoms with Crippen LogP contribution in [0.15, 0.2) is 11.6 Å². The monoisotopic (exact) mass is 188 g/mol. The molecule has 2 N–H and O–H groups in total. The van der Waals surface area contributed by atoms with Crippen molar-refractivity contribution >= 4 is 5.97 Å². The number of carbonyl (C=O) groups is 1. The van der Waals surface area contributed by atoms with Gasteiger partial charge in [-0.25, -0.2) is 4.79 Å². The van der Waals surface area contributed by atoms with E-state index < -0.39 is 12.1 Å². The second-order valence-corrected chi connectivity index (χ2v) is 2.74. The van der Waals surface area contributed by atoms with E-state index in [1.54, 1.807) is 0 Å². The van der Waals surface area contributed by atoms with Crippen molar-refractivity contribution in [2.24, 2.45) is 0 Å². The number of aliphatic hydroxyl groups is 1. The molecule has 4 nitrogen and oxygen atoms in total. The molecule has 76 valence electrons. The van der Waals surface area contributed by atoms with E-state index in [0.29, 0.717) is 13.0 Å². The van der Waals surface area contributed by atoms with Crippen LogP contribution < -0.4 is 0 Å². The average molecular weight is 188 g/mol. The van der Waals surface area contributed by atoms with Crippen molar-refractivity contribution in [2.45, 2.75) is 26.4 Å². The molecule has 13 heavy (non-hydrogen) atoms. The fourth-order valence-corrected chi connectivity index (χ4v) is 0.722. The molecule has 0 fully saturated rings. The predicted molar refractivity (Wildman–Crippen MR) is 48.5 cm³/mol. The smallest absolute Gasteiger partial charge is 0.330 e. The van der Waals surface area contributed by atoms with Crippen molar-refractivity contribution in [3.05, 3.63) is 11.6 Å². The van der Waals surface area contributed by atoms with Gasteiger partial charge in [-0.2, -0.15) is 0 Å². The first kappa shape index (κ1) is 12.1. The molecule has 0 bridgehead atoms. The molecule has 0 spiro atoms. The Balaban J connectivity index is 3.73. The maximum absolute atomic E-state index is 10.3. The first-order valence-corrected chi connectivity index (χ1v) is 4.23. The van der Waals surface area contributed by atoms with E-state index in [1.807, 2.05) is 6.92 Å². The highest BCUT2D eigenvalue weighted by Crippen LogP contribution is 2.00. The molecule has 0 amide bonds. The molecular weight excluding hydrogens is 172 g/mol. The van der Waals surface area contributed by atoms with Gasteiger partial charge in [0.2, 0.25) is 0 Å². The number of aliphatic hydroxyl groups excluding tert-OH is 1. The summed E-state index contributed by atoms with van der Waals surface area (Å²) in [5.74, 6) is -0.955. The molecule has 0 aromatic heterocycles. The zero-order valence-electron chi connectivity index (χ0n) is 7.99. The van der Waals surface area contributed by atoms with Gasteiger partial charge in [-0.15, -0.1) is 0 Å². The molecule has 0 saturated carbocycles. The van der Waals surface area contributed by atoms with E-state index in [4.69, 9.17) is 9.84 Å². The highest BCUT2D eigenvalue weighted by atomic mass is 16.5. The van der Waals surface area contributed by atoms with Crippen LogP contribution in [0.25, 0.3) is 0 Å². The van der Waals surface area contributed by atoms with Crippen molar-refractivity contribution in [2.75, 3.05) is 13.2 Å². The van der Waals surface area contributed by atoms with Gasteiger partial charge in [-0.3, -0.25) is 0 Å². The van der Waals surface area contributed by atoms with Gasteiger partial charge >= 0.3 is 5.97 Å². The minimum atomic E-state index is -0.955. The number of carboxylic acids is 1. The van der Waals surface area contributed by atoms with Crippen LogP contribution >= 0.6 is 0 Å². The minimum absolute atomic E-state index is 0.246. The highest BCUT2D eigenvalue weighted by Gasteiger charge is 2.04. The lowest BCUT2D eigenvalue weighted by molar-refractivity contribution is -0.132. The number of rotatable bonds is 6. The van der Waals surface area contributed by atoms with Crippen LogP contribution in [-0.2, 0) is 9.53 Å². The fourth-order valence-electron chi connectivity index (χ4n) is 0.722. The second kappa shape index (κ2) is 6.62. The van der Waals surface area contributed by atoms with Crippen LogP contribution in [0.5, 0.6) is 0 Å². The van der Waals surface area contributed by atoms with Gasteiger partial charge in [0, 0.05) is 12.2 Å². The number of hydrogen-bond donors (Lipinski definition) is 2. The third-order valence-corrected chi connectivity index (χ3v) is 1.55. The maximum Gasteiger partial charge on any atom is 0.330 e. The maximum atomic E-state index is 10.3. The summed E-state index contributed by atoms with van der Waals surface area (Å²) in [5.41, 5.74) is 0.246. The first-order chi connectivity index (χ1) is 6.07. The molecule has 0 rings (SSSR count). The molecule has 1 atom stereocenters. The van der Waals surface area contributed by atoms with Gasteiger partial charge in [0.1, 0.15) is 0 Å². The van der Waals surface area contributed by atoms with E-state index in [-0.39, 0.29) is 12.2 Å². The molecule has 0 aliphatic rings. The van der Waals surface area contributed by atoms with E-state index in [1.165, 1.54) is 13.0 Å². The van der Waals surface area contributed by atoms with E-state index >= 15 is 0 Å². The topological polar surface area (TPSA) is 66.8 Å². The van der Waals surface area contributed by atoms with Crippen LogP contribution in [0.2, 0.25) is 0 Å². The van der Waals surface area contributed by atoms with Gasteiger partial charge in [-0.1, -0.05) is 6.08 Å². The van der Waals surface area contributed by atoms with E-state index in [0.717, 1.165) is 0 Å². The Morgan fingerprint density at radius 3 is 2.69 bits per heavy atom. The van der Waals surface area contributed by atoms with Crippen LogP contribution in [0, 0.1) is 0 Å². The molecule has 0 aliphatic heterocycles. The van der Waals surface area contributed by atoms with E-state index in [2.05, 4.69) is 0 Å². The minimum Gasteiger partial charge on any atom is -0.478 e. The van der Waals surface area contributed by atoms with Crippen LogP contribution in [0.1, 0.15) is 20.3 Å². The van der Waals surface area contributed by atoms with Crippen LogP contribution in [0.4, 0.5) is 0 Å². The predicted octanol–water partition coefficient (Wildman–Crippen LogP) is 0.805. The van der Waals surface area contributed by atoms with Crippen molar-refractivity contribution in [1.29, 1.82) is 0 Å². The third kappa shape index (κ3) is 6.31. The second-order valence-electron chi connectivity index (χ2n) is 2.74. The first-order valence-electron chi connectivity index (χ1n) is 4.23. The number of hydrogen-bond acceptors (Lipinski definition) is 3. The van der Waals surface area contributed by atoms with Gasteiger partial charge in [-0.05, 0) is 20.3 Å². The number of aliphatic carboxylic acids is 1. The Bertz CT molecular complexity index is 186. The molecular formula is C9H16O4. The Hall–Kier alpha value is -0.870. The lowest BCUT2D eigenvalue weighted by atomic mass is 10.2. The van der Waals surface area contributed by atoms with Crippen molar-refractivity contribution in [3.8, 4) is 0 Å². The molecule has 0 aromatic rings. The largest absolute Gasteiger partial charge is 0.478 e. The zero-order chi connectivity index (χ0) is 10.3. The SMILES string of the molecule is CCOCC(O)CC=C(C)C(=O)O. The van der Waals surface area contributed by atoms with Crippen molar-refractivity contribution in [3.63, 3.8) is 0 Å². The van der Waals surface area contributed by atoms with Crippen LogP contribution in [-0.4, -0.2) is 35.5 Å². The Labute approximate surface area is 77.8 Å². The van der Waals surface area contributed by atoms with Gasteiger partial charge < -0.3 is 14.9 Å². The Morgan fingerprint density at radius 2 is 2.23 bits per heavy atom. The summed E-state index contributed by atoms with van der Waals surface area (Å²) < 4.78 is 4.96. The lowest BCUT2D eigenvalue weighted by Crippen LogP contribution is -2.14. The average Bonchev–Trinajstić information content (AvgIpc) is 2.10. The molecule has 0 aromatic carbocycles. The van der Waals surface area contributed by atoms with Crippen molar-refractivity contribution in [1.82, 2.24) is 0 Å². The van der Waals surface area contributed by atoms with Crippen molar-refractivity contribution < 1.29 is 19.7 Å². The van der Waals surface area contributed by atoms with E-state index in [9.17, 15) is 9.90 Å². The third-order valence-electron chi connectivity index (χ3n) is 1.55. The summed E-state index contributed by atoms with van der Waals surface area (Å²) >= 11 is 0. The molecule has 1 unspecified atom stereocenters. The highest BCUT2D eigenvalue weighted by molar-refractivity contribution is 5.85. The zero-order valence-corrected chi connectivity index (χ0v) is 7.99. The summed E-state index contributed by atoms with van der Waals surface area (Å²) in [6.07, 6.45) is 1.19. The molecule has 0 saturated heterocycles. The molecule has 4 heteroatoms. The fraction of sp³-hybridized carbons (Fsp3) is 0.667. The standard InChI is InChI=1S/C9H16O4/c1-3-13-6-8(10)5-4-7(2)9(11)12/h4,8,10H,3,5-6H2,1-2H3,(H,11,12). The quantitative estimate of drug-likeness (QED) is 0.605. The summed E-state index contributed by atoms with van der Waals surface area (Å²) in [7, 11) is 0. The normalized spacial score (nSPS) is 14.2. The van der Waals surface area contributed by atoms with Gasteiger partial charge in [0.15, 0.2) is 0 Å². The Morgan fingerprint density at radius 1 is 1.62 bits per heavy atom. The number of ether oxygens (including phenoxy) is 1. The summed E-state index contributed by atoms with van der Waals surface area (Å²) in [6.45, 7) is 4.14. The Kier molecular flexibility index (Phi) is 6.18. The van der Waals surface area contributed by atoms with Crippen LogP contribution in [0.3, 0.4) is 0 Å². The summed E-state index contributed by atoms with van der Waals surface area (Å²) in [6, 6.07) is 0. The molecule has 0 heterocycles. The van der Waals surface area contributed by atoms with Gasteiger partial charge in [0.05, 0.1) is 12.7 Å². The van der Waals surface area contributed by atoms with Gasteiger partial charge in [0.25, 0.3) is 0 Å². The molecule has 0 radical (unpaired) electrons. The molecule has 0 aliphatic carbocycles. The number of carboxylic acid groups (broad SMARTS) is 1. The summed E-state index contributed by atoms with van der Waals surface area (Å²) in [4.78, 5) is 10.3.